The van der Waals surface area contributed by atoms with Gasteiger partial charge in [0.15, 0.2) is 0 Å². The second-order valence-corrected chi connectivity index (χ2v) is 5.04. The monoisotopic (exact) mass is 238 g/mol. The van der Waals surface area contributed by atoms with E-state index in [4.69, 9.17) is 0 Å². The first-order valence-electron chi connectivity index (χ1n) is 5.23. The van der Waals surface area contributed by atoms with Crippen LogP contribution in [0.4, 0.5) is 12.9 Å². The van der Waals surface area contributed by atoms with Crippen molar-refractivity contribution >= 4 is 12.9 Å². The molecule has 94 valence electrons. The number of morpholine rings is 1. The van der Waals surface area contributed by atoms with Crippen molar-refractivity contribution in [1.29, 1.82) is 0 Å². The number of carbonyl (C=O) groups is 1. The lowest BCUT2D eigenvalue weighted by Gasteiger charge is -2.40. The average Bonchev–Trinajstić information content (AvgIpc) is 2.14. The van der Waals surface area contributed by atoms with Crippen LogP contribution >= 0.6 is 0 Å². The van der Waals surface area contributed by atoms with Crippen LogP contribution in [0, 0.1) is 5.41 Å². The third-order valence-corrected chi connectivity index (χ3v) is 2.44. The number of rotatable bonds is 1. The standard InChI is InChI=1S/C9H16BF3NO2/c1-9(2,3)8(15)14-4-5-16-7(6-14)10(11,12)13/h7H,4-6H2,1-3H3/q-1. The van der Waals surface area contributed by atoms with Crippen molar-refractivity contribution in [3.8, 4) is 0 Å². The number of carbonyl (C=O) groups excluding carboxylic acids is 1. The van der Waals surface area contributed by atoms with E-state index in [1.54, 1.807) is 20.8 Å². The molecule has 1 rings (SSSR count). The molecular weight excluding hydrogens is 222 g/mol. The molecule has 7 heteroatoms. The Hall–Kier alpha value is -0.715. The topological polar surface area (TPSA) is 29.5 Å². The van der Waals surface area contributed by atoms with E-state index in [9.17, 15) is 17.7 Å². The van der Waals surface area contributed by atoms with Crippen LogP contribution in [0.1, 0.15) is 20.8 Å². The Balaban J connectivity index is 2.68. The van der Waals surface area contributed by atoms with Gasteiger partial charge in [-0.3, -0.25) is 4.79 Å². The Morgan fingerprint density at radius 1 is 1.38 bits per heavy atom. The van der Waals surface area contributed by atoms with Gasteiger partial charge in [-0.25, -0.2) is 0 Å². The molecule has 1 unspecified atom stereocenters. The van der Waals surface area contributed by atoms with Gasteiger partial charge in [-0.05, 0) is 0 Å². The van der Waals surface area contributed by atoms with Gasteiger partial charge in [0.05, 0.1) is 6.61 Å². The van der Waals surface area contributed by atoms with E-state index in [1.165, 1.54) is 4.90 Å². The lowest BCUT2D eigenvalue weighted by Crippen LogP contribution is -2.55. The highest BCUT2D eigenvalue weighted by molar-refractivity contribution is 6.60. The molecule has 1 saturated heterocycles. The molecule has 16 heavy (non-hydrogen) atoms. The minimum atomic E-state index is -5.04. The van der Waals surface area contributed by atoms with E-state index >= 15 is 0 Å². The van der Waals surface area contributed by atoms with Gasteiger partial charge >= 0.3 is 6.98 Å². The summed E-state index contributed by atoms with van der Waals surface area (Å²) in [6.07, 6.45) is 0. The lowest BCUT2D eigenvalue weighted by molar-refractivity contribution is -0.145. The van der Waals surface area contributed by atoms with Crippen LogP contribution in [0.15, 0.2) is 0 Å². The molecule has 0 N–H and O–H groups in total. The number of nitrogens with zero attached hydrogens (tertiary/aromatic N) is 1. The van der Waals surface area contributed by atoms with Crippen molar-refractivity contribution in [1.82, 2.24) is 4.90 Å². The minimum Gasteiger partial charge on any atom is -0.447 e. The predicted molar refractivity (Wildman–Crippen MR) is 54.9 cm³/mol. The quantitative estimate of drug-likeness (QED) is 0.650. The molecule has 0 saturated carbocycles. The first-order chi connectivity index (χ1) is 7.12. The fourth-order valence-corrected chi connectivity index (χ4v) is 1.56. The molecule has 3 nitrogen and oxygen atoms in total. The summed E-state index contributed by atoms with van der Waals surface area (Å²) in [5, 5.41) is 0. The van der Waals surface area contributed by atoms with Crippen molar-refractivity contribution in [2.45, 2.75) is 26.8 Å². The van der Waals surface area contributed by atoms with Crippen LogP contribution < -0.4 is 0 Å². The average molecular weight is 238 g/mol. The second kappa shape index (κ2) is 4.27. The highest BCUT2D eigenvalue weighted by Crippen LogP contribution is 2.24. The molecule has 1 heterocycles. The maximum atomic E-state index is 12.5. The molecular formula is C9H16BF3NO2-. The van der Waals surface area contributed by atoms with Gasteiger partial charge in [-0.2, -0.15) is 0 Å². The molecule has 0 radical (unpaired) electrons. The largest absolute Gasteiger partial charge is 0.508 e. The zero-order valence-electron chi connectivity index (χ0n) is 9.67. The van der Waals surface area contributed by atoms with Gasteiger partial charge in [0, 0.05) is 24.5 Å². The van der Waals surface area contributed by atoms with E-state index in [1.807, 2.05) is 0 Å². The summed E-state index contributed by atoms with van der Waals surface area (Å²) in [6.45, 7) is -0.151. The Morgan fingerprint density at radius 2 is 1.94 bits per heavy atom. The van der Waals surface area contributed by atoms with Crippen molar-refractivity contribution in [3.63, 3.8) is 0 Å². The number of ether oxygens (including phenoxy) is 1. The smallest absolute Gasteiger partial charge is 0.447 e. The Kier molecular flexibility index (Phi) is 3.57. The summed E-state index contributed by atoms with van der Waals surface area (Å²) in [7, 11) is 0. The van der Waals surface area contributed by atoms with Crippen molar-refractivity contribution < 1.29 is 22.5 Å². The van der Waals surface area contributed by atoms with E-state index in [0.717, 1.165) is 0 Å². The highest BCUT2D eigenvalue weighted by Gasteiger charge is 2.41. The van der Waals surface area contributed by atoms with Gasteiger partial charge in [-0.15, -0.1) is 0 Å². The van der Waals surface area contributed by atoms with Crippen molar-refractivity contribution in [2.24, 2.45) is 5.41 Å². The van der Waals surface area contributed by atoms with Crippen molar-refractivity contribution in [2.75, 3.05) is 19.7 Å². The van der Waals surface area contributed by atoms with Gasteiger partial charge < -0.3 is 22.6 Å². The molecule has 1 amide bonds. The summed E-state index contributed by atoms with van der Waals surface area (Å²) in [5.74, 6) is -0.263. The molecule has 0 aromatic carbocycles. The predicted octanol–water partition coefficient (Wildman–Crippen LogP) is 1.65. The first-order valence-corrected chi connectivity index (χ1v) is 5.23. The summed E-state index contributed by atoms with van der Waals surface area (Å²) in [6, 6.07) is -1.79. The fourth-order valence-electron chi connectivity index (χ4n) is 1.56. The van der Waals surface area contributed by atoms with E-state index in [2.05, 4.69) is 4.74 Å². The maximum Gasteiger partial charge on any atom is 0.508 e. The molecule has 0 aromatic heterocycles. The van der Waals surface area contributed by atoms with Crippen LogP contribution in [-0.4, -0.2) is 43.5 Å². The first kappa shape index (κ1) is 13.4. The van der Waals surface area contributed by atoms with E-state index in [0.29, 0.717) is 0 Å². The van der Waals surface area contributed by atoms with Crippen molar-refractivity contribution in [3.05, 3.63) is 0 Å². The third-order valence-electron chi connectivity index (χ3n) is 2.44. The van der Waals surface area contributed by atoms with E-state index < -0.39 is 18.4 Å². The number of hydrogen-bond acceptors (Lipinski definition) is 2. The number of amides is 1. The van der Waals surface area contributed by atoms with Gasteiger partial charge in [0.2, 0.25) is 5.91 Å². The highest BCUT2D eigenvalue weighted by atomic mass is 19.4. The minimum absolute atomic E-state index is 0.0479. The summed E-state index contributed by atoms with van der Waals surface area (Å²) >= 11 is 0. The Labute approximate surface area is 93.0 Å². The normalized spacial score (nSPS) is 23.4. The van der Waals surface area contributed by atoms with Crippen LogP contribution in [0.2, 0.25) is 0 Å². The van der Waals surface area contributed by atoms with E-state index in [-0.39, 0.29) is 25.6 Å². The van der Waals surface area contributed by atoms with Crippen LogP contribution in [0.3, 0.4) is 0 Å². The molecule has 1 fully saturated rings. The van der Waals surface area contributed by atoms with Gasteiger partial charge in [-0.1, -0.05) is 20.8 Å². The fraction of sp³-hybridized carbons (Fsp3) is 0.889. The van der Waals surface area contributed by atoms with Gasteiger partial charge in [0.1, 0.15) is 0 Å². The summed E-state index contributed by atoms with van der Waals surface area (Å²) < 4.78 is 42.1. The Morgan fingerprint density at radius 3 is 2.38 bits per heavy atom. The van der Waals surface area contributed by atoms with Crippen LogP contribution in [0.5, 0.6) is 0 Å². The SMILES string of the molecule is CC(C)(C)C(=O)N1CCOC([B-](F)(F)F)C1. The van der Waals surface area contributed by atoms with Crippen LogP contribution in [0.25, 0.3) is 0 Å². The molecule has 1 aliphatic heterocycles. The van der Waals surface area contributed by atoms with Crippen LogP contribution in [-0.2, 0) is 9.53 Å². The third kappa shape index (κ3) is 3.14. The van der Waals surface area contributed by atoms with Gasteiger partial charge in [0.25, 0.3) is 0 Å². The molecule has 0 bridgehead atoms. The summed E-state index contributed by atoms with van der Waals surface area (Å²) in [5.41, 5.74) is -0.652. The second-order valence-electron chi connectivity index (χ2n) is 5.04. The summed E-state index contributed by atoms with van der Waals surface area (Å²) in [4.78, 5) is 13.0. The molecule has 0 aliphatic carbocycles. The zero-order chi connectivity index (χ0) is 12.6. The number of halogens is 3. The molecule has 1 atom stereocenters. The Bertz CT molecular complexity index is 275. The molecule has 0 spiro atoms. The maximum absolute atomic E-state index is 12.5. The molecule has 1 aliphatic rings. The molecule has 0 aromatic rings. The number of hydrogen-bond donors (Lipinski definition) is 0. The lowest BCUT2D eigenvalue weighted by atomic mass is 9.80. The zero-order valence-corrected chi connectivity index (χ0v) is 9.67.